The number of ether oxygens (including phenoxy) is 3. The summed E-state index contributed by atoms with van der Waals surface area (Å²) < 4.78 is 28.2. The van der Waals surface area contributed by atoms with Gasteiger partial charge in [0.15, 0.2) is 0 Å². The summed E-state index contributed by atoms with van der Waals surface area (Å²) in [6, 6.07) is 3.63. The van der Waals surface area contributed by atoms with Gasteiger partial charge < -0.3 is 14.2 Å². The van der Waals surface area contributed by atoms with E-state index in [4.69, 9.17) is 14.2 Å². The quantitative estimate of drug-likeness (QED) is 0.545. The molecule has 1 aromatic carbocycles. The van der Waals surface area contributed by atoms with Gasteiger partial charge in [-0.25, -0.2) is 9.18 Å². The predicted molar refractivity (Wildman–Crippen MR) is 73.7 cm³/mol. The van der Waals surface area contributed by atoms with Gasteiger partial charge in [0, 0.05) is 6.42 Å². The molecule has 0 heterocycles. The lowest BCUT2D eigenvalue weighted by Gasteiger charge is -2.10. The second kappa shape index (κ2) is 8.94. The van der Waals surface area contributed by atoms with Crippen molar-refractivity contribution in [1.29, 1.82) is 0 Å². The molecule has 0 radical (unpaired) electrons. The second-order valence-electron chi connectivity index (χ2n) is 4.12. The number of carbonyl (C=O) groups excluding carboxylic acids is 2. The van der Waals surface area contributed by atoms with Crippen LogP contribution in [0.4, 0.5) is 4.39 Å². The van der Waals surface area contributed by atoms with Gasteiger partial charge in [0.1, 0.15) is 17.1 Å². The van der Waals surface area contributed by atoms with Crippen LogP contribution in [0, 0.1) is 5.82 Å². The van der Waals surface area contributed by atoms with E-state index >= 15 is 0 Å². The van der Waals surface area contributed by atoms with E-state index in [1.165, 1.54) is 12.1 Å². The third-order valence-electron chi connectivity index (χ3n) is 2.53. The second-order valence-corrected chi connectivity index (χ2v) is 4.12. The van der Waals surface area contributed by atoms with Gasteiger partial charge in [-0.05, 0) is 38.5 Å². The summed E-state index contributed by atoms with van der Waals surface area (Å²) in [7, 11) is 0. The maximum atomic E-state index is 13.2. The van der Waals surface area contributed by atoms with E-state index in [9.17, 15) is 14.0 Å². The molecule has 0 atom stereocenters. The number of rotatable bonds is 8. The number of benzene rings is 1. The Labute approximate surface area is 123 Å². The molecule has 0 saturated carbocycles. The number of carbonyl (C=O) groups is 2. The molecule has 5 nitrogen and oxygen atoms in total. The molecule has 0 bridgehead atoms. The average molecular weight is 298 g/mol. The largest absolute Gasteiger partial charge is 0.493 e. The van der Waals surface area contributed by atoms with Crippen molar-refractivity contribution < 1.29 is 28.2 Å². The summed E-state index contributed by atoms with van der Waals surface area (Å²) in [5, 5.41) is 0. The van der Waals surface area contributed by atoms with Gasteiger partial charge in [-0.15, -0.1) is 0 Å². The van der Waals surface area contributed by atoms with Crippen LogP contribution < -0.4 is 4.74 Å². The van der Waals surface area contributed by atoms with Crippen LogP contribution in [0.5, 0.6) is 5.75 Å². The summed E-state index contributed by atoms with van der Waals surface area (Å²) in [5.41, 5.74) is 0.0352. The molecule has 0 N–H and O–H groups in total. The van der Waals surface area contributed by atoms with Crippen LogP contribution in [0.2, 0.25) is 0 Å². The van der Waals surface area contributed by atoms with Crippen molar-refractivity contribution >= 4 is 11.9 Å². The third-order valence-corrected chi connectivity index (χ3v) is 2.53. The minimum Gasteiger partial charge on any atom is -0.493 e. The van der Waals surface area contributed by atoms with Gasteiger partial charge in [0.05, 0.1) is 19.8 Å². The Bertz CT molecular complexity index is 487. The number of esters is 2. The minimum atomic E-state index is -0.641. The van der Waals surface area contributed by atoms with Crippen LogP contribution in [0.3, 0.4) is 0 Å². The van der Waals surface area contributed by atoms with Crippen LogP contribution in [0.15, 0.2) is 18.2 Å². The third kappa shape index (κ3) is 5.81. The number of hydrogen-bond donors (Lipinski definition) is 0. The predicted octanol–water partition coefficient (Wildman–Crippen LogP) is 2.72. The Balaban J connectivity index is 2.58. The van der Waals surface area contributed by atoms with Crippen molar-refractivity contribution in [3.05, 3.63) is 29.6 Å². The Morgan fingerprint density at radius 2 is 1.86 bits per heavy atom. The summed E-state index contributed by atoms with van der Waals surface area (Å²) in [5.74, 6) is -1.25. The minimum absolute atomic E-state index is 0.0352. The maximum absolute atomic E-state index is 13.2. The van der Waals surface area contributed by atoms with Crippen LogP contribution in [0.1, 0.15) is 37.0 Å². The zero-order valence-corrected chi connectivity index (χ0v) is 12.2. The highest BCUT2D eigenvalue weighted by molar-refractivity contribution is 5.92. The Morgan fingerprint density at radius 3 is 2.52 bits per heavy atom. The molecular formula is C15H19FO5. The molecule has 0 unspecified atom stereocenters. The lowest BCUT2D eigenvalue weighted by molar-refractivity contribution is -0.143. The summed E-state index contributed by atoms with van der Waals surface area (Å²) in [6.07, 6.45) is 0.669. The van der Waals surface area contributed by atoms with E-state index in [1.807, 2.05) is 0 Å². The van der Waals surface area contributed by atoms with E-state index in [2.05, 4.69) is 0 Å². The number of halogens is 1. The summed E-state index contributed by atoms with van der Waals surface area (Å²) in [6.45, 7) is 4.15. The highest BCUT2D eigenvalue weighted by Crippen LogP contribution is 2.21. The fraction of sp³-hybridized carbons (Fsp3) is 0.467. The van der Waals surface area contributed by atoms with E-state index in [0.29, 0.717) is 13.0 Å². The van der Waals surface area contributed by atoms with Gasteiger partial charge in [-0.3, -0.25) is 4.79 Å². The SMILES string of the molecule is CCOC(=O)CCCOc1ccc(F)cc1C(=O)OCC. The van der Waals surface area contributed by atoms with Crippen LogP contribution >= 0.6 is 0 Å². The molecule has 0 spiro atoms. The van der Waals surface area contributed by atoms with Crippen molar-refractivity contribution in [2.24, 2.45) is 0 Å². The normalized spacial score (nSPS) is 10.0. The van der Waals surface area contributed by atoms with Crippen LogP contribution in [0.25, 0.3) is 0 Å². The van der Waals surface area contributed by atoms with Crippen molar-refractivity contribution in [2.75, 3.05) is 19.8 Å². The van der Waals surface area contributed by atoms with Crippen molar-refractivity contribution in [1.82, 2.24) is 0 Å². The highest BCUT2D eigenvalue weighted by atomic mass is 19.1. The first-order chi connectivity index (χ1) is 10.1. The zero-order chi connectivity index (χ0) is 15.7. The zero-order valence-electron chi connectivity index (χ0n) is 12.2. The maximum Gasteiger partial charge on any atom is 0.342 e. The van der Waals surface area contributed by atoms with E-state index in [1.54, 1.807) is 13.8 Å². The van der Waals surface area contributed by atoms with Gasteiger partial charge in [-0.1, -0.05) is 0 Å². The van der Waals surface area contributed by atoms with E-state index < -0.39 is 11.8 Å². The summed E-state index contributed by atoms with van der Waals surface area (Å²) >= 11 is 0. The molecule has 6 heteroatoms. The van der Waals surface area contributed by atoms with Crippen molar-refractivity contribution in [3.8, 4) is 5.75 Å². The Kier molecular flexibility index (Phi) is 7.21. The van der Waals surface area contributed by atoms with Crippen LogP contribution in [-0.4, -0.2) is 31.8 Å². The molecular weight excluding hydrogens is 279 g/mol. The van der Waals surface area contributed by atoms with Gasteiger partial charge in [0.25, 0.3) is 0 Å². The lowest BCUT2D eigenvalue weighted by Crippen LogP contribution is -2.10. The number of hydrogen-bond acceptors (Lipinski definition) is 5. The molecule has 0 aliphatic rings. The molecule has 0 aliphatic carbocycles. The van der Waals surface area contributed by atoms with Crippen molar-refractivity contribution in [3.63, 3.8) is 0 Å². The summed E-state index contributed by atoms with van der Waals surface area (Å²) in [4.78, 5) is 22.9. The molecule has 116 valence electrons. The standard InChI is InChI=1S/C15H19FO5/c1-3-19-14(17)6-5-9-21-13-8-7-11(16)10-12(13)15(18)20-4-2/h7-8,10H,3-6,9H2,1-2H3. The topological polar surface area (TPSA) is 61.8 Å². The fourth-order valence-corrected chi connectivity index (χ4v) is 1.63. The average Bonchev–Trinajstić information content (AvgIpc) is 2.45. The highest BCUT2D eigenvalue weighted by Gasteiger charge is 2.15. The molecule has 0 saturated heterocycles. The molecule has 0 aromatic heterocycles. The Hall–Kier alpha value is -2.11. The van der Waals surface area contributed by atoms with E-state index in [-0.39, 0.29) is 36.9 Å². The van der Waals surface area contributed by atoms with Gasteiger partial charge in [-0.2, -0.15) is 0 Å². The van der Waals surface area contributed by atoms with E-state index in [0.717, 1.165) is 6.07 Å². The fourth-order valence-electron chi connectivity index (χ4n) is 1.63. The van der Waals surface area contributed by atoms with Crippen LogP contribution in [-0.2, 0) is 14.3 Å². The molecule has 0 amide bonds. The first-order valence-electron chi connectivity index (χ1n) is 6.83. The molecule has 0 aliphatic heterocycles. The lowest BCUT2D eigenvalue weighted by atomic mass is 10.2. The van der Waals surface area contributed by atoms with Crippen molar-refractivity contribution in [2.45, 2.75) is 26.7 Å². The van der Waals surface area contributed by atoms with Gasteiger partial charge in [0.2, 0.25) is 0 Å². The first kappa shape index (κ1) is 16.9. The molecule has 1 aromatic rings. The molecule has 0 fully saturated rings. The first-order valence-corrected chi connectivity index (χ1v) is 6.83. The molecule has 1 rings (SSSR count). The molecule has 21 heavy (non-hydrogen) atoms. The van der Waals surface area contributed by atoms with Gasteiger partial charge >= 0.3 is 11.9 Å². The Morgan fingerprint density at radius 1 is 1.14 bits per heavy atom. The smallest absolute Gasteiger partial charge is 0.342 e. The monoisotopic (exact) mass is 298 g/mol.